The molecule has 0 heterocycles. The lowest BCUT2D eigenvalue weighted by molar-refractivity contribution is -0.384. The van der Waals surface area contributed by atoms with E-state index < -0.39 is 41.0 Å². The third-order valence-corrected chi connectivity index (χ3v) is 4.41. The summed E-state index contributed by atoms with van der Waals surface area (Å²) in [6.45, 7) is -0.441. The van der Waals surface area contributed by atoms with Crippen LogP contribution in [0.5, 0.6) is 0 Å². The number of carbonyl (C=O) groups excluding carboxylic acids is 3. The summed E-state index contributed by atoms with van der Waals surface area (Å²) in [6.07, 6.45) is 2.11. The molecule has 0 aliphatic heterocycles. The van der Waals surface area contributed by atoms with Crippen LogP contribution in [0.1, 0.15) is 16.8 Å². The van der Waals surface area contributed by atoms with Crippen molar-refractivity contribution in [1.29, 1.82) is 0 Å². The normalized spacial score (nSPS) is 11.4. The number of amides is 2. The lowest BCUT2D eigenvalue weighted by Gasteiger charge is -2.18. The average molecular weight is 418 g/mol. The molecule has 9 nitrogen and oxygen atoms in total. The van der Waals surface area contributed by atoms with Crippen LogP contribution in [-0.2, 0) is 14.3 Å². The molecule has 1 rings (SSSR count). The maximum absolute atomic E-state index is 12.4. The second-order valence-electron chi connectivity index (χ2n) is 5.63. The van der Waals surface area contributed by atoms with Crippen LogP contribution in [0.3, 0.4) is 0 Å². The highest BCUT2D eigenvalue weighted by molar-refractivity contribution is 7.98. The summed E-state index contributed by atoms with van der Waals surface area (Å²) >= 11 is 7.20. The fourth-order valence-electron chi connectivity index (χ4n) is 1.88. The van der Waals surface area contributed by atoms with Crippen molar-refractivity contribution in [2.75, 3.05) is 32.7 Å². The van der Waals surface area contributed by atoms with Gasteiger partial charge in [-0.2, -0.15) is 11.8 Å². The van der Waals surface area contributed by atoms with Crippen LogP contribution in [0, 0.1) is 10.1 Å². The van der Waals surface area contributed by atoms with E-state index in [1.807, 2.05) is 6.26 Å². The Morgan fingerprint density at radius 2 is 2.04 bits per heavy atom. The number of rotatable bonds is 9. The number of hydrogen-bond acceptors (Lipinski definition) is 7. The summed E-state index contributed by atoms with van der Waals surface area (Å²) in [6, 6.07) is 2.59. The largest absolute Gasteiger partial charge is 0.454 e. The average Bonchev–Trinajstić information content (AvgIpc) is 2.62. The van der Waals surface area contributed by atoms with E-state index in [0.717, 1.165) is 6.07 Å². The van der Waals surface area contributed by atoms with Crippen LogP contribution in [0.2, 0.25) is 5.02 Å². The summed E-state index contributed by atoms with van der Waals surface area (Å²) in [5.41, 5.74) is -0.429. The highest BCUT2D eigenvalue weighted by Crippen LogP contribution is 2.25. The van der Waals surface area contributed by atoms with Crippen molar-refractivity contribution in [1.82, 2.24) is 10.2 Å². The van der Waals surface area contributed by atoms with Gasteiger partial charge in [-0.1, -0.05) is 11.6 Å². The van der Waals surface area contributed by atoms with Gasteiger partial charge in [-0.15, -0.1) is 0 Å². The minimum atomic E-state index is -0.991. The van der Waals surface area contributed by atoms with E-state index >= 15 is 0 Å². The number of ether oxygens (including phenoxy) is 1. The van der Waals surface area contributed by atoms with Crippen molar-refractivity contribution in [3.63, 3.8) is 0 Å². The van der Waals surface area contributed by atoms with E-state index in [9.17, 15) is 24.5 Å². The highest BCUT2D eigenvalue weighted by atomic mass is 35.5. The fraction of sp³-hybridized carbons (Fsp3) is 0.438. The number of likely N-dealkylation sites (N-methyl/N-ethyl adjacent to an activating group) is 1. The van der Waals surface area contributed by atoms with E-state index in [-0.39, 0.29) is 17.0 Å². The number of benzene rings is 1. The predicted octanol–water partition coefficient (Wildman–Crippen LogP) is 1.73. The molecular formula is C16H20ClN3O6S. The molecule has 1 aromatic carbocycles. The Labute approximate surface area is 165 Å². The van der Waals surface area contributed by atoms with E-state index in [2.05, 4.69) is 5.32 Å². The molecule has 0 fully saturated rings. The summed E-state index contributed by atoms with van der Waals surface area (Å²) in [7, 11) is 3.05. The van der Waals surface area contributed by atoms with Gasteiger partial charge in [0, 0.05) is 25.7 Å². The van der Waals surface area contributed by atoms with Crippen LogP contribution in [0.4, 0.5) is 5.69 Å². The van der Waals surface area contributed by atoms with Gasteiger partial charge in [-0.25, -0.2) is 4.79 Å². The molecule has 0 unspecified atom stereocenters. The highest BCUT2D eigenvalue weighted by Gasteiger charge is 2.25. The predicted molar refractivity (Wildman–Crippen MR) is 102 cm³/mol. The van der Waals surface area contributed by atoms with E-state index in [1.54, 1.807) is 0 Å². The SMILES string of the molecule is CSCC[C@H](NC(=O)c1ccc(Cl)c([N+](=O)[O-])c1)C(=O)OCC(=O)N(C)C. The first-order valence-electron chi connectivity index (χ1n) is 7.78. The van der Waals surface area contributed by atoms with Crippen molar-refractivity contribution in [3.8, 4) is 0 Å². The Morgan fingerprint density at radius 3 is 2.59 bits per heavy atom. The number of nitro benzene ring substituents is 1. The molecule has 1 aromatic rings. The van der Waals surface area contributed by atoms with Gasteiger partial charge in [-0.05, 0) is 30.6 Å². The Hall–Kier alpha value is -2.33. The second-order valence-corrected chi connectivity index (χ2v) is 7.02. The van der Waals surface area contributed by atoms with Gasteiger partial charge in [0.05, 0.1) is 4.92 Å². The summed E-state index contributed by atoms with van der Waals surface area (Å²) in [4.78, 5) is 47.7. The Bertz CT molecular complexity index is 728. The van der Waals surface area contributed by atoms with E-state index in [0.29, 0.717) is 5.75 Å². The zero-order chi connectivity index (χ0) is 20.6. The van der Waals surface area contributed by atoms with Crippen LogP contribution in [-0.4, -0.2) is 66.4 Å². The first kappa shape index (κ1) is 22.7. The van der Waals surface area contributed by atoms with Gasteiger partial charge >= 0.3 is 5.97 Å². The smallest absolute Gasteiger partial charge is 0.329 e. The molecule has 0 aromatic heterocycles. The molecular weight excluding hydrogens is 398 g/mol. The third kappa shape index (κ3) is 7.06. The molecule has 0 saturated carbocycles. The van der Waals surface area contributed by atoms with Crippen molar-refractivity contribution < 1.29 is 24.0 Å². The number of thioether (sulfide) groups is 1. The molecule has 0 spiro atoms. The number of hydrogen-bond donors (Lipinski definition) is 1. The van der Waals surface area contributed by atoms with Gasteiger partial charge in [-0.3, -0.25) is 19.7 Å². The summed E-state index contributed by atoms with van der Waals surface area (Å²) in [5, 5.41) is 13.3. The number of nitrogens with one attached hydrogen (secondary N) is 1. The van der Waals surface area contributed by atoms with Crippen LogP contribution >= 0.6 is 23.4 Å². The van der Waals surface area contributed by atoms with Gasteiger partial charge in [0.1, 0.15) is 11.1 Å². The van der Waals surface area contributed by atoms with Crippen LogP contribution in [0.15, 0.2) is 18.2 Å². The molecule has 1 atom stereocenters. The Kier molecular flexibility index (Phi) is 9.03. The molecule has 148 valence electrons. The number of nitrogens with zero attached hydrogens (tertiary/aromatic N) is 2. The first-order valence-corrected chi connectivity index (χ1v) is 9.55. The van der Waals surface area contributed by atoms with Crippen molar-refractivity contribution in [3.05, 3.63) is 38.9 Å². The molecule has 2 amide bonds. The minimum absolute atomic E-state index is 0.0163. The maximum atomic E-state index is 12.4. The number of nitro groups is 1. The molecule has 11 heteroatoms. The van der Waals surface area contributed by atoms with E-state index in [4.69, 9.17) is 16.3 Å². The Morgan fingerprint density at radius 1 is 1.37 bits per heavy atom. The van der Waals surface area contributed by atoms with Crippen LogP contribution in [0.25, 0.3) is 0 Å². The van der Waals surface area contributed by atoms with Crippen molar-refractivity contribution in [2.45, 2.75) is 12.5 Å². The zero-order valence-corrected chi connectivity index (χ0v) is 16.6. The molecule has 1 N–H and O–H groups in total. The van der Waals surface area contributed by atoms with Gasteiger partial charge in [0.15, 0.2) is 6.61 Å². The lowest BCUT2D eigenvalue weighted by atomic mass is 10.1. The molecule has 27 heavy (non-hydrogen) atoms. The van der Waals surface area contributed by atoms with E-state index in [1.165, 1.54) is 42.9 Å². The van der Waals surface area contributed by atoms with Crippen LogP contribution < -0.4 is 5.32 Å². The van der Waals surface area contributed by atoms with Gasteiger partial charge < -0.3 is 15.0 Å². The Balaban J connectivity index is 2.87. The van der Waals surface area contributed by atoms with Crippen molar-refractivity contribution >= 4 is 46.8 Å². The number of carbonyl (C=O) groups is 3. The fourth-order valence-corrected chi connectivity index (χ4v) is 2.54. The number of esters is 1. The quantitative estimate of drug-likeness (QED) is 0.369. The molecule has 0 aliphatic carbocycles. The molecule has 0 saturated heterocycles. The van der Waals surface area contributed by atoms with Gasteiger partial charge in [0.25, 0.3) is 17.5 Å². The minimum Gasteiger partial charge on any atom is -0.454 e. The molecule has 0 bridgehead atoms. The maximum Gasteiger partial charge on any atom is 0.329 e. The summed E-state index contributed by atoms with van der Waals surface area (Å²) < 4.78 is 4.96. The molecule has 0 aliphatic rings. The lowest BCUT2D eigenvalue weighted by Crippen LogP contribution is -2.43. The van der Waals surface area contributed by atoms with Gasteiger partial charge in [0.2, 0.25) is 0 Å². The monoisotopic (exact) mass is 417 g/mol. The molecule has 0 radical (unpaired) electrons. The summed E-state index contributed by atoms with van der Waals surface area (Å²) in [5.74, 6) is -1.28. The standard InChI is InChI=1S/C16H20ClN3O6S/c1-19(2)14(21)9-26-16(23)12(6-7-27-3)18-15(22)10-4-5-11(17)13(8-10)20(24)25/h4-5,8,12H,6-7,9H2,1-3H3,(H,18,22)/t12-/m0/s1. The third-order valence-electron chi connectivity index (χ3n) is 3.44. The van der Waals surface area contributed by atoms with Crippen molar-refractivity contribution in [2.24, 2.45) is 0 Å². The zero-order valence-electron chi connectivity index (χ0n) is 15.1. The second kappa shape index (κ2) is 10.7. The first-order chi connectivity index (χ1) is 12.7. The number of halogens is 1. The topological polar surface area (TPSA) is 119 Å².